The molecule has 9 heteroatoms. The van der Waals surface area contributed by atoms with E-state index in [1.54, 1.807) is 54.0 Å². The molecule has 1 aliphatic heterocycles. The molecule has 2 N–H and O–H groups in total. The van der Waals surface area contributed by atoms with E-state index in [2.05, 4.69) is 4.90 Å². The van der Waals surface area contributed by atoms with E-state index in [9.17, 15) is 18.4 Å². The Hall–Kier alpha value is -2.91. The van der Waals surface area contributed by atoms with Crippen LogP contribution in [-0.2, 0) is 26.9 Å². The molecule has 0 atom stereocenters. The van der Waals surface area contributed by atoms with E-state index in [1.165, 1.54) is 0 Å². The molecule has 1 fully saturated rings. The van der Waals surface area contributed by atoms with Crippen LogP contribution in [0, 0.1) is 0 Å². The third kappa shape index (κ3) is 5.85. The van der Waals surface area contributed by atoms with Crippen molar-refractivity contribution in [2.75, 3.05) is 13.1 Å². The monoisotopic (exact) mass is 514 g/mol. The number of hydrogen-bond donors (Lipinski definition) is 2. The summed E-state index contributed by atoms with van der Waals surface area (Å²) in [5.74, 6) is -0.0407. The molecule has 0 aliphatic carbocycles. The molecule has 184 valence electrons. The molecule has 0 aromatic heterocycles. The smallest absolute Gasteiger partial charge is 0.264 e. The molecule has 1 amide bonds. The zero-order valence-electron chi connectivity index (χ0n) is 19.1. The van der Waals surface area contributed by atoms with Crippen LogP contribution >= 0.6 is 11.6 Å². The molecule has 3 aromatic rings. The van der Waals surface area contributed by atoms with Gasteiger partial charge in [-0.15, -0.1) is 0 Å². The summed E-state index contributed by atoms with van der Waals surface area (Å²) in [6, 6.07) is 23.5. The lowest BCUT2D eigenvalue weighted by atomic mass is 9.94. The van der Waals surface area contributed by atoms with Crippen LogP contribution in [0.15, 0.2) is 78.9 Å². The molecule has 0 unspecified atom stereocenters. The van der Waals surface area contributed by atoms with Gasteiger partial charge in [-0.2, -0.15) is 0 Å². The third-order valence-corrected chi connectivity index (χ3v) is 9.10. The second-order valence-corrected chi connectivity index (χ2v) is 11.4. The second kappa shape index (κ2) is 10.8. The van der Waals surface area contributed by atoms with Crippen LogP contribution in [-0.4, -0.2) is 42.3 Å². The van der Waals surface area contributed by atoms with Crippen LogP contribution in [0.25, 0.3) is 0 Å². The maximum Gasteiger partial charge on any atom is 0.264 e. The van der Waals surface area contributed by atoms with E-state index in [4.69, 9.17) is 16.3 Å². The van der Waals surface area contributed by atoms with Gasteiger partial charge in [0, 0.05) is 24.7 Å². The standard InChI is InChI=1S/C26H27ClN2O5S/c27-22-8-12-24(13-9-22)34-23-10-6-21(7-11-23)19-35(32,33)26(25(30)28-31)14-16-29(17-15-26)18-20-4-2-1-3-5-20/h1-13,31H,14-19H2,(H,28,30). The Balaban J connectivity index is 1.45. The van der Waals surface area contributed by atoms with Crippen molar-refractivity contribution in [3.05, 3.63) is 95.0 Å². The summed E-state index contributed by atoms with van der Waals surface area (Å²) in [6.45, 7) is 1.53. The number of benzene rings is 3. The van der Waals surface area contributed by atoms with E-state index in [0.29, 0.717) is 41.7 Å². The van der Waals surface area contributed by atoms with Gasteiger partial charge in [-0.3, -0.25) is 14.9 Å². The van der Waals surface area contributed by atoms with Crippen LogP contribution in [0.3, 0.4) is 0 Å². The van der Waals surface area contributed by atoms with Crippen LogP contribution < -0.4 is 10.2 Å². The number of piperidine rings is 1. The van der Waals surface area contributed by atoms with Gasteiger partial charge in [0.2, 0.25) is 0 Å². The molecule has 1 saturated heterocycles. The highest BCUT2D eigenvalue weighted by Crippen LogP contribution is 2.34. The average molecular weight is 515 g/mol. The molecule has 7 nitrogen and oxygen atoms in total. The van der Waals surface area contributed by atoms with Crippen LogP contribution in [0.2, 0.25) is 5.02 Å². The molecule has 3 aromatic carbocycles. The molecule has 4 rings (SSSR count). The van der Waals surface area contributed by atoms with E-state index >= 15 is 0 Å². The highest BCUT2D eigenvalue weighted by atomic mass is 35.5. The molecule has 1 heterocycles. The zero-order valence-corrected chi connectivity index (χ0v) is 20.6. The van der Waals surface area contributed by atoms with Crippen molar-refractivity contribution in [3.63, 3.8) is 0 Å². The SMILES string of the molecule is O=C(NO)C1(S(=O)(=O)Cc2ccc(Oc3ccc(Cl)cc3)cc2)CCN(Cc2ccccc2)CC1. The summed E-state index contributed by atoms with van der Waals surface area (Å²) in [5, 5.41) is 9.98. The van der Waals surface area contributed by atoms with Gasteiger partial charge in [0.05, 0.1) is 5.75 Å². The van der Waals surface area contributed by atoms with Gasteiger partial charge in [-0.1, -0.05) is 54.1 Å². The number of hydroxylamine groups is 1. The maximum atomic E-state index is 13.5. The van der Waals surface area contributed by atoms with Crippen molar-refractivity contribution in [3.8, 4) is 11.5 Å². The molecule has 0 spiro atoms. The first-order valence-corrected chi connectivity index (χ1v) is 13.3. The Bertz CT molecular complexity index is 1240. The fourth-order valence-electron chi connectivity index (χ4n) is 4.35. The maximum absolute atomic E-state index is 13.5. The number of carbonyl (C=O) groups excluding carboxylic acids is 1. The predicted molar refractivity (Wildman–Crippen MR) is 134 cm³/mol. The Morgan fingerprint density at radius 1 is 0.914 bits per heavy atom. The Morgan fingerprint density at radius 3 is 2.06 bits per heavy atom. The highest BCUT2D eigenvalue weighted by molar-refractivity contribution is 7.92. The Kier molecular flexibility index (Phi) is 7.76. The summed E-state index contributed by atoms with van der Waals surface area (Å²) in [4.78, 5) is 14.8. The van der Waals surface area contributed by atoms with E-state index in [0.717, 1.165) is 5.56 Å². The summed E-state index contributed by atoms with van der Waals surface area (Å²) in [5.41, 5.74) is 3.26. The van der Waals surface area contributed by atoms with Crippen molar-refractivity contribution < 1.29 is 23.2 Å². The summed E-state index contributed by atoms with van der Waals surface area (Å²) < 4.78 is 31.1. The normalized spacial score (nSPS) is 15.9. The molecule has 0 saturated carbocycles. The fourth-order valence-corrected chi connectivity index (χ4v) is 6.51. The third-order valence-electron chi connectivity index (χ3n) is 6.35. The van der Waals surface area contributed by atoms with Gasteiger partial charge in [0.15, 0.2) is 14.6 Å². The molecule has 1 aliphatic rings. The van der Waals surface area contributed by atoms with Crippen LogP contribution in [0.4, 0.5) is 0 Å². The quantitative estimate of drug-likeness (QED) is 0.337. The fraction of sp³-hybridized carbons (Fsp3) is 0.269. The number of carbonyl (C=O) groups is 1. The van der Waals surface area contributed by atoms with Crippen molar-refractivity contribution in [2.45, 2.75) is 29.9 Å². The zero-order chi connectivity index (χ0) is 24.9. The van der Waals surface area contributed by atoms with Gasteiger partial charge >= 0.3 is 0 Å². The average Bonchev–Trinajstić information content (AvgIpc) is 2.87. The van der Waals surface area contributed by atoms with Crippen molar-refractivity contribution in [2.24, 2.45) is 0 Å². The lowest BCUT2D eigenvalue weighted by molar-refractivity contribution is -0.133. The van der Waals surface area contributed by atoms with E-state index in [1.807, 2.05) is 30.3 Å². The van der Waals surface area contributed by atoms with Crippen molar-refractivity contribution >= 4 is 27.3 Å². The number of nitrogens with one attached hydrogen (secondary N) is 1. The van der Waals surface area contributed by atoms with E-state index in [-0.39, 0.29) is 18.6 Å². The highest BCUT2D eigenvalue weighted by Gasteiger charge is 2.51. The molecule has 35 heavy (non-hydrogen) atoms. The van der Waals surface area contributed by atoms with Crippen LogP contribution in [0.1, 0.15) is 24.0 Å². The predicted octanol–water partition coefficient (Wildman–Crippen LogP) is 4.59. The Morgan fingerprint density at radius 2 is 1.49 bits per heavy atom. The van der Waals surface area contributed by atoms with E-state index < -0.39 is 20.5 Å². The van der Waals surface area contributed by atoms with Gasteiger partial charge in [-0.05, 0) is 60.4 Å². The Labute approximate surface area is 210 Å². The number of hydrogen-bond acceptors (Lipinski definition) is 6. The number of rotatable bonds is 8. The lowest BCUT2D eigenvalue weighted by Crippen LogP contribution is -2.57. The van der Waals surface area contributed by atoms with Crippen LogP contribution in [0.5, 0.6) is 11.5 Å². The molecule has 0 radical (unpaired) electrons. The number of amides is 1. The largest absolute Gasteiger partial charge is 0.457 e. The topological polar surface area (TPSA) is 95.9 Å². The second-order valence-electron chi connectivity index (χ2n) is 8.66. The first-order valence-electron chi connectivity index (χ1n) is 11.3. The van der Waals surface area contributed by atoms with Gasteiger partial charge in [-0.25, -0.2) is 13.9 Å². The molecular weight excluding hydrogens is 488 g/mol. The van der Waals surface area contributed by atoms with Gasteiger partial charge < -0.3 is 4.74 Å². The lowest BCUT2D eigenvalue weighted by Gasteiger charge is -2.39. The minimum absolute atomic E-state index is 0.103. The van der Waals surface area contributed by atoms with Crippen molar-refractivity contribution in [1.82, 2.24) is 10.4 Å². The van der Waals surface area contributed by atoms with Gasteiger partial charge in [0.25, 0.3) is 5.91 Å². The number of ether oxygens (including phenoxy) is 1. The first kappa shape index (κ1) is 25.2. The minimum Gasteiger partial charge on any atom is -0.457 e. The molecular formula is C26H27ClN2O5S. The molecule has 0 bridgehead atoms. The number of nitrogens with zero attached hydrogens (tertiary/aromatic N) is 1. The minimum atomic E-state index is -3.94. The summed E-state index contributed by atoms with van der Waals surface area (Å²) >= 11 is 5.89. The first-order chi connectivity index (χ1) is 16.8. The number of halogens is 1. The number of sulfone groups is 1. The summed E-state index contributed by atoms with van der Waals surface area (Å²) in [7, 11) is -3.94. The van der Waals surface area contributed by atoms with Crippen molar-refractivity contribution in [1.29, 1.82) is 0 Å². The number of likely N-dealkylation sites (tertiary alicyclic amines) is 1. The summed E-state index contributed by atoms with van der Waals surface area (Å²) in [6.07, 6.45) is 0.207. The van der Waals surface area contributed by atoms with Gasteiger partial charge in [0.1, 0.15) is 11.5 Å².